The number of rotatable bonds is 3. The van der Waals surface area contributed by atoms with Gasteiger partial charge >= 0.3 is 0 Å². The van der Waals surface area contributed by atoms with Gasteiger partial charge in [-0.1, -0.05) is 6.07 Å². The van der Waals surface area contributed by atoms with Gasteiger partial charge in [-0.3, -0.25) is 14.2 Å². The highest BCUT2D eigenvalue weighted by Crippen LogP contribution is 2.33. The average molecular weight is 375 g/mol. The molecular formula is C17H17N3O3S2. The zero-order valence-corrected chi connectivity index (χ0v) is 15.1. The van der Waals surface area contributed by atoms with Crippen LogP contribution < -0.4 is 5.56 Å². The average Bonchev–Trinajstić information content (AvgIpc) is 3.27. The number of likely N-dealkylation sites (tertiary alicyclic amines) is 1. The number of aromatic nitrogens is 2. The highest BCUT2D eigenvalue weighted by atomic mass is 32.1. The molecule has 4 heterocycles. The van der Waals surface area contributed by atoms with Crippen molar-refractivity contribution >= 4 is 38.8 Å². The van der Waals surface area contributed by atoms with Crippen molar-refractivity contribution in [1.29, 1.82) is 0 Å². The van der Waals surface area contributed by atoms with Crippen LogP contribution in [0.2, 0.25) is 0 Å². The van der Waals surface area contributed by atoms with E-state index in [2.05, 4.69) is 4.98 Å². The Morgan fingerprint density at radius 2 is 2.12 bits per heavy atom. The Kier molecular flexibility index (Phi) is 4.41. The van der Waals surface area contributed by atoms with Gasteiger partial charge < -0.3 is 10.0 Å². The van der Waals surface area contributed by atoms with Crippen LogP contribution in [0.25, 0.3) is 20.7 Å². The largest absolute Gasteiger partial charge is 0.393 e. The lowest BCUT2D eigenvalue weighted by Gasteiger charge is -2.29. The maximum Gasteiger partial charge on any atom is 0.263 e. The van der Waals surface area contributed by atoms with Gasteiger partial charge in [0.15, 0.2) is 0 Å². The van der Waals surface area contributed by atoms with E-state index in [0.717, 1.165) is 10.4 Å². The summed E-state index contributed by atoms with van der Waals surface area (Å²) in [6.07, 6.45) is 2.30. The monoisotopic (exact) mass is 375 g/mol. The summed E-state index contributed by atoms with van der Waals surface area (Å²) < 4.78 is 1.39. The zero-order chi connectivity index (χ0) is 17.4. The van der Waals surface area contributed by atoms with Gasteiger partial charge in [-0.15, -0.1) is 22.7 Å². The molecule has 0 atom stereocenters. The number of hydrogen-bond donors (Lipinski definition) is 1. The van der Waals surface area contributed by atoms with E-state index in [1.807, 2.05) is 22.9 Å². The van der Waals surface area contributed by atoms with Gasteiger partial charge in [0.05, 0.1) is 17.8 Å². The van der Waals surface area contributed by atoms with Crippen LogP contribution in [0.1, 0.15) is 12.8 Å². The van der Waals surface area contributed by atoms with Crippen LogP contribution in [-0.2, 0) is 11.3 Å². The second-order valence-corrected chi connectivity index (χ2v) is 7.90. The molecular weight excluding hydrogens is 358 g/mol. The van der Waals surface area contributed by atoms with E-state index in [-0.39, 0.29) is 24.1 Å². The number of aliphatic hydroxyl groups is 1. The number of amides is 1. The lowest BCUT2D eigenvalue weighted by molar-refractivity contribution is -0.133. The molecule has 130 valence electrons. The molecule has 25 heavy (non-hydrogen) atoms. The van der Waals surface area contributed by atoms with Crippen molar-refractivity contribution in [3.8, 4) is 10.4 Å². The Hall–Kier alpha value is -2.03. The van der Waals surface area contributed by atoms with Crippen LogP contribution in [-0.4, -0.2) is 44.7 Å². The number of thiophene rings is 2. The molecule has 1 saturated heterocycles. The van der Waals surface area contributed by atoms with E-state index >= 15 is 0 Å². The molecule has 4 rings (SSSR count). The first-order chi connectivity index (χ1) is 12.1. The van der Waals surface area contributed by atoms with Crippen LogP contribution in [0.4, 0.5) is 0 Å². The fourth-order valence-electron chi connectivity index (χ4n) is 3.05. The number of fused-ring (bicyclic) bond motifs is 1. The molecule has 1 N–H and O–H groups in total. The van der Waals surface area contributed by atoms with Crippen LogP contribution in [0, 0.1) is 0 Å². The number of hydrogen-bond acceptors (Lipinski definition) is 6. The lowest BCUT2D eigenvalue weighted by atomic mass is 10.1. The molecule has 1 fully saturated rings. The first-order valence-electron chi connectivity index (χ1n) is 8.10. The molecule has 1 amide bonds. The third-order valence-corrected chi connectivity index (χ3v) is 6.26. The van der Waals surface area contributed by atoms with E-state index in [4.69, 9.17) is 0 Å². The number of aliphatic hydroxyl groups excluding tert-OH is 1. The minimum absolute atomic E-state index is 0.0163. The highest BCUT2D eigenvalue weighted by Gasteiger charge is 2.22. The Morgan fingerprint density at radius 1 is 1.32 bits per heavy atom. The fourth-order valence-corrected chi connectivity index (χ4v) is 4.78. The van der Waals surface area contributed by atoms with Crippen molar-refractivity contribution in [1.82, 2.24) is 14.5 Å². The Bertz CT molecular complexity index is 953. The molecule has 0 bridgehead atoms. The number of piperidine rings is 1. The number of nitrogens with zero attached hydrogens (tertiary/aromatic N) is 3. The van der Waals surface area contributed by atoms with E-state index in [1.54, 1.807) is 16.2 Å². The maximum atomic E-state index is 12.9. The Morgan fingerprint density at radius 3 is 2.84 bits per heavy atom. The Balaban J connectivity index is 1.64. The fraction of sp³-hybridized carbons (Fsp3) is 0.353. The topological polar surface area (TPSA) is 75.4 Å². The molecule has 0 aromatic carbocycles. The van der Waals surface area contributed by atoms with Crippen LogP contribution in [0.15, 0.2) is 34.0 Å². The number of carbonyl (C=O) groups excluding carboxylic acids is 1. The van der Waals surface area contributed by atoms with Gasteiger partial charge in [0.2, 0.25) is 5.91 Å². The summed E-state index contributed by atoms with van der Waals surface area (Å²) in [5.74, 6) is -0.108. The summed E-state index contributed by atoms with van der Waals surface area (Å²) in [4.78, 5) is 33.2. The van der Waals surface area contributed by atoms with Crippen molar-refractivity contribution in [2.24, 2.45) is 0 Å². The molecule has 6 nitrogen and oxygen atoms in total. The first kappa shape index (κ1) is 16.4. The molecule has 0 spiro atoms. The minimum atomic E-state index is -0.330. The normalized spacial score (nSPS) is 15.8. The van der Waals surface area contributed by atoms with Crippen molar-refractivity contribution in [3.63, 3.8) is 0 Å². The standard InChI is InChI=1S/C17H17N3O3S2/c21-11-3-5-19(6-4-11)14(22)8-20-10-18-16-15(17(20)23)12(9-25-16)13-2-1-7-24-13/h1-2,7,9-11,21H,3-6,8H2. The first-order valence-corrected chi connectivity index (χ1v) is 9.86. The molecule has 0 radical (unpaired) electrons. The van der Waals surface area contributed by atoms with Gasteiger partial charge in [-0.2, -0.15) is 0 Å². The second-order valence-electron chi connectivity index (χ2n) is 6.10. The van der Waals surface area contributed by atoms with Crippen LogP contribution in [0.5, 0.6) is 0 Å². The van der Waals surface area contributed by atoms with E-state index in [9.17, 15) is 14.7 Å². The molecule has 3 aromatic rings. The van der Waals surface area contributed by atoms with Crippen molar-refractivity contribution in [2.75, 3.05) is 13.1 Å². The SMILES string of the molecule is O=C(Cn1cnc2scc(-c3cccs3)c2c1=O)N1CCC(O)CC1. The summed E-state index contributed by atoms with van der Waals surface area (Å²) in [5.41, 5.74) is 0.704. The summed E-state index contributed by atoms with van der Waals surface area (Å²) >= 11 is 3.02. The highest BCUT2D eigenvalue weighted by molar-refractivity contribution is 7.18. The third kappa shape index (κ3) is 3.12. The molecule has 0 unspecified atom stereocenters. The lowest BCUT2D eigenvalue weighted by Crippen LogP contribution is -2.42. The van der Waals surface area contributed by atoms with Gasteiger partial charge in [0.1, 0.15) is 11.4 Å². The molecule has 8 heteroatoms. The summed E-state index contributed by atoms with van der Waals surface area (Å²) in [5, 5.41) is 14.1. The zero-order valence-electron chi connectivity index (χ0n) is 13.4. The van der Waals surface area contributed by atoms with Crippen LogP contribution in [0.3, 0.4) is 0 Å². The molecule has 0 aliphatic carbocycles. The third-order valence-electron chi connectivity index (χ3n) is 4.47. The Labute approximate surface area is 152 Å². The molecule has 3 aromatic heterocycles. The predicted octanol–water partition coefficient (Wildman–Crippen LogP) is 2.17. The minimum Gasteiger partial charge on any atom is -0.393 e. The van der Waals surface area contributed by atoms with Gasteiger partial charge in [-0.05, 0) is 24.3 Å². The van der Waals surface area contributed by atoms with Crippen molar-refractivity contribution in [3.05, 3.63) is 39.6 Å². The van der Waals surface area contributed by atoms with E-state index < -0.39 is 0 Å². The quantitative estimate of drug-likeness (QED) is 0.761. The smallest absolute Gasteiger partial charge is 0.263 e. The molecule has 0 saturated carbocycles. The maximum absolute atomic E-state index is 12.9. The van der Waals surface area contributed by atoms with Gasteiger partial charge in [0, 0.05) is 28.9 Å². The van der Waals surface area contributed by atoms with Gasteiger partial charge in [-0.25, -0.2) is 4.98 Å². The number of carbonyl (C=O) groups is 1. The summed E-state index contributed by atoms with van der Waals surface area (Å²) in [7, 11) is 0. The molecule has 1 aliphatic rings. The summed E-state index contributed by atoms with van der Waals surface area (Å²) in [6.45, 7) is 1.05. The van der Waals surface area contributed by atoms with Crippen LogP contribution >= 0.6 is 22.7 Å². The van der Waals surface area contributed by atoms with Gasteiger partial charge in [0.25, 0.3) is 5.56 Å². The summed E-state index contributed by atoms with van der Waals surface area (Å²) in [6, 6.07) is 3.93. The second kappa shape index (κ2) is 6.70. The van der Waals surface area contributed by atoms with E-state index in [0.29, 0.717) is 36.1 Å². The molecule has 1 aliphatic heterocycles. The van der Waals surface area contributed by atoms with Crippen molar-refractivity contribution in [2.45, 2.75) is 25.5 Å². The van der Waals surface area contributed by atoms with E-state index in [1.165, 1.54) is 22.2 Å². The van der Waals surface area contributed by atoms with Crippen molar-refractivity contribution < 1.29 is 9.90 Å². The predicted molar refractivity (Wildman–Crippen MR) is 99.0 cm³/mol.